The van der Waals surface area contributed by atoms with Crippen molar-refractivity contribution >= 4 is 10.0 Å². The van der Waals surface area contributed by atoms with Crippen LogP contribution in [0.3, 0.4) is 0 Å². The van der Waals surface area contributed by atoms with Crippen molar-refractivity contribution in [3.05, 3.63) is 35.3 Å². The van der Waals surface area contributed by atoms with Crippen LogP contribution in [0.4, 0.5) is 0 Å². The minimum Gasteiger partial charge on any atom is -0.313 e. The van der Waals surface area contributed by atoms with E-state index in [0.29, 0.717) is 17.0 Å². The van der Waals surface area contributed by atoms with E-state index in [-0.39, 0.29) is 0 Å². The predicted molar refractivity (Wildman–Crippen MR) is 87.4 cm³/mol. The molecule has 1 fully saturated rings. The lowest BCUT2D eigenvalue weighted by atomic mass is 9.76. The Kier molecular flexibility index (Phi) is 5.07. The maximum absolute atomic E-state index is 12.6. The smallest absolute Gasteiger partial charge is 0.242 e. The molecular formula is C16H26N2O2S. The first-order chi connectivity index (χ1) is 9.97. The summed E-state index contributed by atoms with van der Waals surface area (Å²) in [7, 11) is -3.47. The first kappa shape index (κ1) is 16.5. The zero-order chi connectivity index (χ0) is 15.5. The Morgan fingerprint density at radius 1 is 1.38 bits per heavy atom. The summed E-state index contributed by atoms with van der Waals surface area (Å²) >= 11 is 0. The van der Waals surface area contributed by atoms with Gasteiger partial charge in [-0.1, -0.05) is 45.4 Å². The van der Waals surface area contributed by atoms with Crippen molar-refractivity contribution in [1.82, 2.24) is 10.0 Å². The molecule has 1 aliphatic heterocycles. The van der Waals surface area contributed by atoms with Crippen molar-refractivity contribution in [2.24, 2.45) is 0 Å². The Labute approximate surface area is 128 Å². The first-order valence-corrected chi connectivity index (χ1v) is 9.25. The van der Waals surface area contributed by atoms with Gasteiger partial charge in [-0.3, -0.25) is 0 Å². The third-order valence-corrected chi connectivity index (χ3v) is 6.13. The molecule has 0 radical (unpaired) electrons. The molecule has 0 aromatic carbocycles. The molecule has 0 aromatic heterocycles. The Morgan fingerprint density at radius 2 is 2.05 bits per heavy atom. The Morgan fingerprint density at radius 3 is 2.62 bits per heavy atom. The Bertz CT molecular complexity index is 555. The van der Waals surface area contributed by atoms with Crippen LogP contribution >= 0.6 is 0 Å². The summed E-state index contributed by atoms with van der Waals surface area (Å²) in [6.45, 7) is 11.2. The van der Waals surface area contributed by atoms with E-state index in [1.54, 1.807) is 0 Å². The van der Waals surface area contributed by atoms with E-state index < -0.39 is 15.6 Å². The molecule has 2 rings (SSSR count). The third-order valence-electron chi connectivity index (χ3n) is 4.42. The molecule has 21 heavy (non-hydrogen) atoms. The SMILES string of the molecule is C=CC(=C)C1=C(CNCCC)C2(CCCCC2)NS1(=O)=O. The molecule has 1 saturated carbocycles. The molecule has 118 valence electrons. The fourth-order valence-corrected chi connectivity index (χ4v) is 5.37. The van der Waals surface area contributed by atoms with Gasteiger partial charge < -0.3 is 5.32 Å². The van der Waals surface area contributed by atoms with E-state index in [0.717, 1.165) is 44.2 Å². The van der Waals surface area contributed by atoms with Gasteiger partial charge in [0.2, 0.25) is 10.0 Å². The van der Waals surface area contributed by atoms with E-state index in [1.807, 2.05) is 0 Å². The summed E-state index contributed by atoms with van der Waals surface area (Å²) in [5.74, 6) is 0. The second-order valence-corrected chi connectivity index (χ2v) is 7.58. The van der Waals surface area contributed by atoms with Crippen LogP contribution in [0.2, 0.25) is 0 Å². The van der Waals surface area contributed by atoms with E-state index in [2.05, 4.69) is 30.1 Å². The van der Waals surface area contributed by atoms with Gasteiger partial charge >= 0.3 is 0 Å². The molecule has 1 heterocycles. The zero-order valence-electron chi connectivity index (χ0n) is 12.9. The average Bonchev–Trinajstić information content (AvgIpc) is 2.66. The highest BCUT2D eigenvalue weighted by Gasteiger charge is 2.48. The summed E-state index contributed by atoms with van der Waals surface area (Å²) in [5, 5.41) is 3.36. The highest BCUT2D eigenvalue weighted by molar-refractivity contribution is 7.94. The first-order valence-electron chi connectivity index (χ1n) is 7.77. The Hall–Kier alpha value is -0.910. The van der Waals surface area contributed by atoms with Gasteiger partial charge in [0.1, 0.15) is 0 Å². The largest absolute Gasteiger partial charge is 0.313 e. The van der Waals surface area contributed by atoms with E-state index in [4.69, 9.17) is 0 Å². The van der Waals surface area contributed by atoms with Crippen LogP contribution < -0.4 is 10.0 Å². The number of hydrogen-bond acceptors (Lipinski definition) is 3. The van der Waals surface area contributed by atoms with Gasteiger partial charge in [-0.25, -0.2) is 13.1 Å². The summed E-state index contributed by atoms with van der Waals surface area (Å²) in [5.41, 5.74) is 1.05. The summed E-state index contributed by atoms with van der Waals surface area (Å²) < 4.78 is 28.1. The highest BCUT2D eigenvalue weighted by Crippen LogP contribution is 2.43. The van der Waals surface area contributed by atoms with Gasteiger partial charge in [0.25, 0.3) is 0 Å². The van der Waals surface area contributed by atoms with Crippen LogP contribution in [0.15, 0.2) is 35.3 Å². The minimum absolute atomic E-state index is 0.364. The van der Waals surface area contributed by atoms with Gasteiger partial charge in [0, 0.05) is 6.54 Å². The van der Waals surface area contributed by atoms with Crippen LogP contribution in [0.25, 0.3) is 0 Å². The van der Waals surface area contributed by atoms with Crippen molar-refractivity contribution in [3.63, 3.8) is 0 Å². The molecule has 5 heteroatoms. The lowest BCUT2D eigenvalue weighted by molar-refractivity contribution is 0.314. The maximum atomic E-state index is 12.6. The molecule has 0 atom stereocenters. The van der Waals surface area contributed by atoms with Gasteiger partial charge in [0.15, 0.2) is 0 Å². The van der Waals surface area contributed by atoms with Crippen LogP contribution in [-0.2, 0) is 10.0 Å². The van der Waals surface area contributed by atoms with Crippen LogP contribution in [0.5, 0.6) is 0 Å². The second kappa shape index (κ2) is 6.46. The van der Waals surface area contributed by atoms with Crippen molar-refractivity contribution in [3.8, 4) is 0 Å². The molecular weight excluding hydrogens is 284 g/mol. The number of sulfonamides is 1. The fraction of sp³-hybridized carbons (Fsp3) is 0.625. The van der Waals surface area contributed by atoms with Gasteiger partial charge in [-0.15, -0.1) is 0 Å². The summed E-state index contributed by atoms with van der Waals surface area (Å²) in [6.07, 6.45) is 7.62. The van der Waals surface area contributed by atoms with Crippen LogP contribution in [-0.4, -0.2) is 27.0 Å². The van der Waals surface area contributed by atoms with Crippen molar-refractivity contribution in [1.29, 1.82) is 0 Å². The molecule has 4 nitrogen and oxygen atoms in total. The molecule has 1 spiro atoms. The number of nitrogens with one attached hydrogen (secondary N) is 2. The summed E-state index contributed by atoms with van der Waals surface area (Å²) in [4.78, 5) is 0.364. The number of hydrogen-bond donors (Lipinski definition) is 2. The van der Waals surface area contributed by atoms with E-state index in [9.17, 15) is 8.42 Å². The molecule has 0 aromatic rings. The van der Waals surface area contributed by atoms with Crippen LogP contribution in [0, 0.1) is 0 Å². The molecule has 1 aliphatic carbocycles. The maximum Gasteiger partial charge on any atom is 0.242 e. The third kappa shape index (κ3) is 3.15. The fourth-order valence-electron chi connectivity index (χ4n) is 3.41. The average molecular weight is 310 g/mol. The van der Waals surface area contributed by atoms with Crippen molar-refractivity contribution in [2.45, 2.75) is 51.0 Å². The second-order valence-electron chi connectivity index (χ2n) is 5.96. The molecule has 0 unspecified atom stereocenters. The van der Waals surface area contributed by atoms with Gasteiger partial charge in [0.05, 0.1) is 10.4 Å². The highest BCUT2D eigenvalue weighted by atomic mass is 32.2. The monoisotopic (exact) mass is 310 g/mol. The molecule has 0 amide bonds. The van der Waals surface area contributed by atoms with Gasteiger partial charge in [-0.2, -0.15) is 0 Å². The van der Waals surface area contributed by atoms with E-state index in [1.165, 1.54) is 12.5 Å². The van der Waals surface area contributed by atoms with Crippen molar-refractivity contribution in [2.75, 3.05) is 13.1 Å². The van der Waals surface area contributed by atoms with Crippen LogP contribution in [0.1, 0.15) is 45.4 Å². The van der Waals surface area contributed by atoms with Gasteiger partial charge in [-0.05, 0) is 37.0 Å². The standard InChI is InChI=1S/C16H26N2O2S/c1-4-11-17-12-14-15(13(3)5-2)21(19,20)18-16(14)9-7-6-8-10-16/h5,17-18H,2-4,6-12H2,1H3. The minimum atomic E-state index is -3.47. The van der Waals surface area contributed by atoms with Crippen molar-refractivity contribution < 1.29 is 8.42 Å². The number of rotatable bonds is 6. The number of allylic oxidation sites excluding steroid dienone is 2. The topological polar surface area (TPSA) is 58.2 Å². The lowest BCUT2D eigenvalue weighted by Gasteiger charge is -2.35. The quantitative estimate of drug-likeness (QED) is 0.586. The molecule has 0 saturated heterocycles. The Balaban J connectivity index is 2.45. The van der Waals surface area contributed by atoms with E-state index >= 15 is 0 Å². The molecule has 2 aliphatic rings. The molecule has 2 N–H and O–H groups in total. The summed E-state index contributed by atoms with van der Waals surface area (Å²) in [6, 6.07) is 0. The molecule has 0 bridgehead atoms. The normalized spacial score (nSPS) is 23.5. The zero-order valence-corrected chi connectivity index (χ0v) is 13.7. The predicted octanol–water partition coefficient (Wildman–Crippen LogP) is 2.62. The lowest BCUT2D eigenvalue weighted by Crippen LogP contribution is -2.47.